The van der Waals surface area contributed by atoms with Gasteiger partial charge in [-0.1, -0.05) is 62.4 Å². The van der Waals surface area contributed by atoms with E-state index in [-0.39, 0.29) is 5.78 Å². The van der Waals surface area contributed by atoms with E-state index < -0.39 is 0 Å². The molecule has 0 heterocycles. The van der Waals surface area contributed by atoms with E-state index in [2.05, 4.69) is 54.4 Å². The minimum Gasteiger partial charge on any atom is -0.295 e. The Morgan fingerprint density at radius 3 is 2.19 bits per heavy atom. The maximum Gasteiger partial charge on any atom is 0.159 e. The van der Waals surface area contributed by atoms with Crippen LogP contribution in [0, 0.1) is 0 Å². The fourth-order valence-corrected chi connectivity index (χ4v) is 2.96. The predicted molar refractivity (Wildman–Crippen MR) is 111 cm³/mol. The smallest absolute Gasteiger partial charge is 0.159 e. The quantitative estimate of drug-likeness (QED) is 0.343. The monoisotopic (exact) mass is 356 g/mol. The molecule has 0 aliphatic heterocycles. The van der Waals surface area contributed by atoms with E-state index in [1.54, 1.807) is 6.92 Å². The maximum atomic E-state index is 11.5. The van der Waals surface area contributed by atoms with Crippen molar-refractivity contribution in [2.75, 3.05) is 0 Å². The van der Waals surface area contributed by atoms with E-state index in [0.29, 0.717) is 5.56 Å². The molecule has 27 heavy (non-hydrogen) atoms. The van der Waals surface area contributed by atoms with Gasteiger partial charge in [0.1, 0.15) is 0 Å². The van der Waals surface area contributed by atoms with Crippen molar-refractivity contribution in [3.8, 4) is 11.1 Å². The molecule has 3 aromatic rings. The van der Waals surface area contributed by atoms with E-state index >= 15 is 0 Å². The average molecular weight is 356 g/mol. The third-order valence-corrected chi connectivity index (χ3v) is 4.66. The van der Waals surface area contributed by atoms with Gasteiger partial charge in [-0.15, -0.1) is 5.11 Å². The lowest BCUT2D eigenvalue weighted by Crippen LogP contribution is -1.91. The standard InChI is InChI=1S/C24H24N2O/c1-4-18-7-6-8-22(15-18)25-26-24-16-19(5-2)9-14-23(24)21-12-10-20(11-13-21)17(3)27/h6-16H,4-5H2,1-3H3/b26-25+. The van der Waals surface area contributed by atoms with Crippen molar-refractivity contribution in [1.82, 2.24) is 0 Å². The molecule has 0 atom stereocenters. The minimum absolute atomic E-state index is 0.0681. The number of azo groups is 1. The van der Waals surface area contributed by atoms with Crippen LogP contribution in [0.5, 0.6) is 0 Å². The fraction of sp³-hybridized carbons (Fsp3) is 0.208. The van der Waals surface area contributed by atoms with Gasteiger partial charge in [0.05, 0.1) is 11.4 Å². The number of Topliss-reactive ketones (excluding diaryl/α,β-unsaturated/α-hetero) is 1. The van der Waals surface area contributed by atoms with Crippen molar-refractivity contribution in [3.05, 3.63) is 83.4 Å². The summed E-state index contributed by atoms with van der Waals surface area (Å²) in [5.74, 6) is 0.0681. The topological polar surface area (TPSA) is 41.8 Å². The van der Waals surface area contributed by atoms with Crippen LogP contribution in [0.4, 0.5) is 11.4 Å². The largest absolute Gasteiger partial charge is 0.295 e. The minimum atomic E-state index is 0.0681. The summed E-state index contributed by atoms with van der Waals surface area (Å²) in [6.45, 7) is 5.83. The second kappa shape index (κ2) is 8.54. The third kappa shape index (κ3) is 4.56. The second-order valence-electron chi connectivity index (χ2n) is 6.56. The summed E-state index contributed by atoms with van der Waals surface area (Å²) < 4.78 is 0. The van der Waals surface area contributed by atoms with Gasteiger partial charge in [0.2, 0.25) is 0 Å². The lowest BCUT2D eigenvalue weighted by molar-refractivity contribution is 0.101. The summed E-state index contributed by atoms with van der Waals surface area (Å²) in [5.41, 5.74) is 6.91. The van der Waals surface area contributed by atoms with Gasteiger partial charge in [0.25, 0.3) is 0 Å². The zero-order valence-electron chi connectivity index (χ0n) is 16.1. The van der Waals surface area contributed by atoms with E-state index in [4.69, 9.17) is 0 Å². The van der Waals surface area contributed by atoms with E-state index in [1.165, 1.54) is 11.1 Å². The van der Waals surface area contributed by atoms with Crippen molar-refractivity contribution in [2.24, 2.45) is 10.2 Å². The Bertz CT molecular complexity index is 972. The number of rotatable bonds is 6. The van der Waals surface area contributed by atoms with Crippen molar-refractivity contribution in [2.45, 2.75) is 33.6 Å². The molecule has 0 bridgehead atoms. The molecule has 136 valence electrons. The molecule has 0 N–H and O–H groups in total. The number of carbonyl (C=O) groups is 1. The first kappa shape index (κ1) is 18.7. The Morgan fingerprint density at radius 2 is 1.52 bits per heavy atom. The zero-order chi connectivity index (χ0) is 19.2. The van der Waals surface area contributed by atoms with Crippen molar-refractivity contribution >= 4 is 17.2 Å². The van der Waals surface area contributed by atoms with Gasteiger partial charge in [0, 0.05) is 11.1 Å². The number of ketones is 1. The van der Waals surface area contributed by atoms with Gasteiger partial charge in [-0.25, -0.2) is 0 Å². The summed E-state index contributed by atoms with van der Waals surface area (Å²) in [4.78, 5) is 11.5. The Morgan fingerprint density at radius 1 is 0.815 bits per heavy atom. The molecule has 0 spiro atoms. The van der Waals surface area contributed by atoms with Crippen LogP contribution in [0.25, 0.3) is 11.1 Å². The van der Waals surface area contributed by atoms with Crippen molar-refractivity contribution in [3.63, 3.8) is 0 Å². The van der Waals surface area contributed by atoms with Crippen LogP contribution in [0.1, 0.15) is 42.3 Å². The number of benzene rings is 3. The summed E-state index contributed by atoms with van der Waals surface area (Å²) >= 11 is 0. The molecule has 0 saturated heterocycles. The SMILES string of the molecule is CCc1cccc(/N=N/c2cc(CC)ccc2-c2ccc(C(C)=O)cc2)c1. The first-order valence-electron chi connectivity index (χ1n) is 9.35. The highest BCUT2D eigenvalue weighted by molar-refractivity contribution is 5.94. The van der Waals surface area contributed by atoms with Gasteiger partial charge >= 0.3 is 0 Å². The third-order valence-electron chi connectivity index (χ3n) is 4.66. The first-order valence-corrected chi connectivity index (χ1v) is 9.35. The van der Waals surface area contributed by atoms with Crippen LogP contribution in [-0.2, 0) is 12.8 Å². The highest BCUT2D eigenvalue weighted by Gasteiger charge is 2.07. The predicted octanol–water partition coefficient (Wildman–Crippen LogP) is 7.10. The molecule has 3 heteroatoms. The highest BCUT2D eigenvalue weighted by Crippen LogP contribution is 2.33. The van der Waals surface area contributed by atoms with Crippen LogP contribution in [0.15, 0.2) is 77.0 Å². The Kier molecular flexibility index (Phi) is 5.92. The molecular weight excluding hydrogens is 332 g/mol. The molecule has 0 amide bonds. The maximum absolute atomic E-state index is 11.5. The summed E-state index contributed by atoms with van der Waals surface area (Å²) in [5, 5.41) is 9.02. The molecule has 3 nitrogen and oxygen atoms in total. The second-order valence-corrected chi connectivity index (χ2v) is 6.56. The lowest BCUT2D eigenvalue weighted by Gasteiger charge is -2.08. The Balaban J connectivity index is 2.00. The Hall–Kier alpha value is -3.07. The zero-order valence-corrected chi connectivity index (χ0v) is 16.1. The molecule has 0 radical (unpaired) electrons. The first-order chi connectivity index (χ1) is 13.1. The number of hydrogen-bond acceptors (Lipinski definition) is 3. The van der Waals surface area contributed by atoms with Gasteiger partial charge in [-0.05, 0) is 54.7 Å². The molecule has 0 unspecified atom stereocenters. The van der Waals surface area contributed by atoms with Crippen molar-refractivity contribution in [1.29, 1.82) is 0 Å². The molecule has 0 fully saturated rings. The Labute approximate surface area is 160 Å². The lowest BCUT2D eigenvalue weighted by atomic mass is 9.99. The van der Waals surface area contributed by atoms with Crippen LogP contribution in [0.3, 0.4) is 0 Å². The van der Waals surface area contributed by atoms with Crippen LogP contribution in [0.2, 0.25) is 0 Å². The molecule has 0 aliphatic carbocycles. The highest BCUT2D eigenvalue weighted by atomic mass is 16.1. The molecular formula is C24H24N2O. The summed E-state index contributed by atoms with van der Waals surface area (Å²) in [6.07, 6.45) is 1.92. The van der Waals surface area contributed by atoms with E-state index in [1.807, 2.05) is 36.4 Å². The number of aryl methyl sites for hydroxylation is 2. The summed E-state index contributed by atoms with van der Waals surface area (Å²) in [7, 11) is 0. The normalized spacial score (nSPS) is 11.1. The van der Waals surface area contributed by atoms with Gasteiger partial charge in [-0.3, -0.25) is 4.79 Å². The van der Waals surface area contributed by atoms with Crippen LogP contribution in [-0.4, -0.2) is 5.78 Å². The van der Waals surface area contributed by atoms with Crippen LogP contribution >= 0.6 is 0 Å². The molecule has 3 rings (SSSR count). The molecule has 0 aliphatic rings. The van der Waals surface area contributed by atoms with Crippen molar-refractivity contribution < 1.29 is 4.79 Å². The average Bonchev–Trinajstić information content (AvgIpc) is 2.72. The summed E-state index contributed by atoms with van der Waals surface area (Å²) in [6, 6.07) is 22.1. The number of nitrogens with zero attached hydrogens (tertiary/aromatic N) is 2. The van der Waals surface area contributed by atoms with Crippen LogP contribution < -0.4 is 0 Å². The molecule has 0 aromatic heterocycles. The van der Waals surface area contributed by atoms with E-state index in [0.717, 1.165) is 35.3 Å². The number of carbonyl (C=O) groups excluding carboxylic acids is 1. The van der Waals surface area contributed by atoms with Gasteiger partial charge in [0.15, 0.2) is 5.78 Å². The number of hydrogen-bond donors (Lipinski definition) is 0. The molecule has 3 aromatic carbocycles. The fourth-order valence-electron chi connectivity index (χ4n) is 2.96. The van der Waals surface area contributed by atoms with Gasteiger partial charge < -0.3 is 0 Å². The van der Waals surface area contributed by atoms with Gasteiger partial charge in [-0.2, -0.15) is 5.11 Å². The van der Waals surface area contributed by atoms with E-state index in [9.17, 15) is 4.79 Å². The molecule has 0 saturated carbocycles.